The monoisotopic (exact) mass is 388 g/mol. The fourth-order valence-electron chi connectivity index (χ4n) is 4.33. The molecule has 158 valence electrons. The highest BCUT2D eigenvalue weighted by Crippen LogP contribution is 2.40. The minimum Gasteiger partial charge on any atom is -0.376 e. The molecule has 4 nitrogen and oxygen atoms in total. The molecule has 0 spiro atoms. The molecule has 2 rings (SSSR count). The highest BCUT2D eigenvalue weighted by Gasteiger charge is 2.35. The van der Waals surface area contributed by atoms with Crippen molar-refractivity contribution in [3.05, 3.63) is 35.4 Å². The maximum Gasteiger partial charge on any atom is 0.220 e. The normalized spacial score (nSPS) is 20.1. The number of carbonyl (C=O) groups excluding carboxylic acids is 1. The summed E-state index contributed by atoms with van der Waals surface area (Å²) < 4.78 is 5.92. The predicted octanol–water partition coefficient (Wildman–Crippen LogP) is 4.52. The Balaban J connectivity index is 1.97. The first-order valence-electron chi connectivity index (χ1n) is 11.0. The molecule has 1 heterocycles. The summed E-state index contributed by atoms with van der Waals surface area (Å²) in [5.41, 5.74) is 2.44. The van der Waals surface area contributed by atoms with Crippen molar-refractivity contribution in [1.82, 2.24) is 10.2 Å². The largest absolute Gasteiger partial charge is 0.376 e. The second kappa shape index (κ2) is 11.0. The van der Waals surface area contributed by atoms with E-state index in [1.54, 1.807) is 0 Å². The first kappa shape index (κ1) is 22.9. The van der Waals surface area contributed by atoms with Gasteiger partial charge in [0.15, 0.2) is 0 Å². The van der Waals surface area contributed by atoms with Crippen LogP contribution in [0.4, 0.5) is 0 Å². The van der Waals surface area contributed by atoms with Crippen LogP contribution in [0.25, 0.3) is 0 Å². The SMILES string of the molecule is CCN(CC)CCCNC(=O)C[C@@H](c1ccc(C)cc1)[C@H]1CCOC(C)(C)C1. The lowest BCUT2D eigenvalue weighted by Gasteiger charge is -2.39. The molecule has 0 radical (unpaired) electrons. The quantitative estimate of drug-likeness (QED) is 0.599. The van der Waals surface area contributed by atoms with Crippen LogP contribution in [-0.4, -0.2) is 49.2 Å². The molecule has 0 aliphatic carbocycles. The number of carbonyl (C=O) groups is 1. The third-order valence-corrected chi connectivity index (χ3v) is 6.08. The standard InChI is InChI=1S/C24H40N2O2/c1-6-26(7-2)15-8-14-25-23(27)17-22(20-11-9-19(3)10-12-20)21-13-16-28-24(4,5)18-21/h9-12,21-22H,6-8,13-18H2,1-5H3,(H,25,27)/t21-,22-/m0/s1. The van der Waals surface area contributed by atoms with Crippen molar-refractivity contribution in [2.45, 2.75) is 71.8 Å². The van der Waals surface area contributed by atoms with Gasteiger partial charge in [-0.3, -0.25) is 4.79 Å². The molecular formula is C24H40N2O2. The van der Waals surface area contributed by atoms with E-state index in [0.717, 1.165) is 52.0 Å². The van der Waals surface area contributed by atoms with Gasteiger partial charge in [0.1, 0.15) is 0 Å². The molecule has 2 atom stereocenters. The predicted molar refractivity (Wildman–Crippen MR) is 117 cm³/mol. The van der Waals surface area contributed by atoms with Gasteiger partial charge in [-0.25, -0.2) is 0 Å². The number of nitrogens with one attached hydrogen (secondary N) is 1. The van der Waals surface area contributed by atoms with Crippen LogP contribution in [0, 0.1) is 12.8 Å². The van der Waals surface area contributed by atoms with Gasteiger partial charge in [0, 0.05) is 19.6 Å². The molecule has 0 aromatic heterocycles. The van der Waals surface area contributed by atoms with E-state index in [2.05, 4.69) is 69.1 Å². The van der Waals surface area contributed by atoms with Crippen LogP contribution in [0.3, 0.4) is 0 Å². The van der Waals surface area contributed by atoms with E-state index in [-0.39, 0.29) is 17.4 Å². The van der Waals surface area contributed by atoms with Crippen molar-refractivity contribution in [3.8, 4) is 0 Å². The van der Waals surface area contributed by atoms with Crippen LogP contribution < -0.4 is 5.32 Å². The third kappa shape index (κ3) is 7.21. The van der Waals surface area contributed by atoms with Gasteiger partial charge in [-0.2, -0.15) is 0 Å². The van der Waals surface area contributed by atoms with E-state index in [1.165, 1.54) is 11.1 Å². The van der Waals surface area contributed by atoms with E-state index in [9.17, 15) is 4.79 Å². The van der Waals surface area contributed by atoms with Gasteiger partial charge in [-0.05, 0) is 77.1 Å². The van der Waals surface area contributed by atoms with E-state index >= 15 is 0 Å². The number of ether oxygens (including phenoxy) is 1. The van der Waals surface area contributed by atoms with Gasteiger partial charge in [0.2, 0.25) is 5.91 Å². The summed E-state index contributed by atoms with van der Waals surface area (Å²) in [5, 5.41) is 3.16. The van der Waals surface area contributed by atoms with E-state index in [0.29, 0.717) is 12.3 Å². The smallest absolute Gasteiger partial charge is 0.220 e. The first-order chi connectivity index (χ1) is 13.3. The first-order valence-corrected chi connectivity index (χ1v) is 11.0. The molecule has 1 aromatic rings. The zero-order valence-electron chi connectivity index (χ0n) is 18.6. The lowest BCUT2D eigenvalue weighted by atomic mass is 9.75. The Morgan fingerprint density at radius 3 is 2.54 bits per heavy atom. The minimum atomic E-state index is -0.105. The number of hydrogen-bond acceptors (Lipinski definition) is 3. The Labute approximate surface area is 172 Å². The molecule has 1 aliphatic heterocycles. The summed E-state index contributed by atoms with van der Waals surface area (Å²) in [6.07, 6.45) is 3.60. The Hall–Kier alpha value is -1.39. The van der Waals surface area contributed by atoms with Gasteiger partial charge in [0.05, 0.1) is 5.60 Å². The van der Waals surface area contributed by atoms with Gasteiger partial charge in [-0.15, -0.1) is 0 Å². The highest BCUT2D eigenvalue weighted by molar-refractivity contribution is 5.76. The van der Waals surface area contributed by atoms with Crippen molar-refractivity contribution in [3.63, 3.8) is 0 Å². The van der Waals surface area contributed by atoms with Crippen LogP contribution in [0.15, 0.2) is 24.3 Å². The van der Waals surface area contributed by atoms with Crippen molar-refractivity contribution >= 4 is 5.91 Å². The molecule has 0 saturated carbocycles. The highest BCUT2D eigenvalue weighted by atomic mass is 16.5. The molecule has 1 fully saturated rings. The second-order valence-corrected chi connectivity index (χ2v) is 8.81. The van der Waals surface area contributed by atoms with Crippen LogP contribution >= 0.6 is 0 Å². The Kier molecular flexibility index (Phi) is 8.97. The molecular weight excluding hydrogens is 348 g/mol. The number of benzene rings is 1. The average molecular weight is 389 g/mol. The van der Waals surface area contributed by atoms with E-state index < -0.39 is 0 Å². The molecule has 4 heteroatoms. The maximum absolute atomic E-state index is 12.7. The number of rotatable bonds is 10. The molecule has 1 amide bonds. The summed E-state index contributed by atoms with van der Waals surface area (Å²) in [4.78, 5) is 15.1. The summed E-state index contributed by atoms with van der Waals surface area (Å²) in [7, 11) is 0. The minimum absolute atomic E-state index is 0.105. The van der Waals surface area contributed by atoms with Gasteiger partial charge >= 0.3 is 0 Å². The van der Waals surface area contributed by atoms with Crippen molar-refractivity contribution in [2.24, 2.45) is 5.92 Å². The molecule has 1 N–H and O–H groups in total. The average Bonchev–Trinajstić information content (AvgIpc) is 2.66. The van der Waals surface area contributed by atoms with Gasteiger partial charge in [0.25, 0.3) is 0 Å². The summed E-state index contributed by atoms with van der Waals surface area (Å²) in [6, 6.07) is 8.73. The second-order valence-electron chi connectivity index (χ2n) is 8.81. The number of nitrogens with zero attached hydrogens (tertiary/aromatic N) is 1. The molecule has 1 saturated heterocycles. The number of hydrogen-bond donors (Lipinski definition) is 1. The fraction of sp³-hybridized carbons (Fsp3) is 0.708. The summed E-state index contributed by atoms with van der Waals surface area (Å²) in [6.45, 7) is 15.5. The molecule has 1 aliphatic rings. The lowest BCUT2D eigenvalue weighted by molar-refractivity contribution is -0.123. The Morgan fingerprint density at radius 2 is 1.93 bits per heavy atom. The van der Waals surface area contributed by atoms with Crippen LogP contribution in [0.1, 0.15) is 70.4 Å². The lowest BCUT2D eigenvalue weighted by Crippen LogP contribution is -2.38. The van der Waals surface area contributed by atoms with Gasteiger partial charge < -0.3 is 15.0 Å². The third-order valence-electron chi connectivity index (χ3n) is 6.08. The molecule has 0 unspecified atom stereocenters. The van der Waals surface area contributed by atoms with Crippen molar-refractivity contribution in [2.75, 3.05) is 32.8 Å². The van der Waals surface area contributed by atoms with Crippen molar-refractivity contribution in [1.29, 1.82) is 0 Å². The summed E-state index contributed by atoms with van der Waals surface area (Å²) >= 11 is 0. The zero-order chi connectivity index (χ0) is 20.6. The van der Waals surface area contributed by atoms with Gasteiger partial charge in [-0.1, -0.05) is 43.7 Å². The molecule has 0 bridgehead atoms. The Bertz CT molecular complexity index is 593. The topological polar surface area (TPSA) is 41.6 Å². The fourth-order valence-corrected chi connectivity index (χ4v) is 4.33. The van der Waals surface area contributed by atoms with Crippen LogP contribution in [0.5, 0.6) is 0 Å². The molecule has 1 aromatic carbocycles. The maximum atomic E-state index is 12.7. The van der Waals surface area contributed by atoms with E-state index in [4.69, 9.17) is 4.74 Å². The number of amides is 1. The number of aryl methyl sites for hydroxylation is 1. The zero-order valence-corrected chi connectivity index (χ0v) is 18.6. The molecule has 28 heavy (non-hydrogen) atoms. The van der Waals surface area contributed by atoms with Crippen LogP contribution in [-0.2, 0) is 9.53 Å². The van der Waals surface area contributed by atoms with Crippen LogP contribution in [0.2, 0.25) is 0 Å². The van der Waals surface area contributed by atoms with Crippen molar-refractivity contribution < 1.29 is 9.53 Å². The summed E-state index contributed by atoms with van der Waals surface area (Å²) in [5.74, 6) is 0.911. The Morgan fingerprint density at radius 1 is 1.25 bits per heavy atom. The van der Waals surface area contributed by atoms with E-state index in [1.807, 2.05) is 0 Å².